The highest BCUT2D eigenvalue weighted by atomic mass is 35.5. The molecule has 0 bridgehead atoms. The van der Waals surface area contributed by atoms with E-state index < -0.39 is 10.0 Å². The summed E-state index contributed by atoms with van der Waals surface area (Å²) in [6, 6.07) is 13.1. The van der Waals surface area contributed by atoms with E-state index in [-0.39, 0.29) is 4.90 Å². The Kier molecular flexibility index (Phi) is 5.63. The molecule has 0 aliphatic rings. The van der Waals surface area contributed by atoms with Gasteiger partial charge in [0.05, 0.1) is 17.2 Å². The van der Waals surface area contributed by atoms with Crippen LogP contribution in [0.5, 0.6) is 5.75 Å². The molecule has 0 amide bonds. The van der Waals surface area contributed by atoms with E-state index in [1.807, 2.05) is 6.92 Å². The summed E-state index contributed by atoms with van der Waals surface area (Å²) in [6.45, 7) is 4.10. The molecule has 0 fully saturated rings. The van der Waals surface area contributed by atoms with Crippen LogP contribution < -0.4 is 9.57 Å². The van der Waals surface area contributed by atoms with Crippen LogP contribution in [0.3, 0.4) is 0 Å². The van der Waals surface area contributed by atoms with Gasteiger partial charge in [-0.15, -0.1) is 0 Å². The first kappa shape index (κ1) is 17.3. The first-order chi connectivity index (χ1) is 10.9. The molecule has 0 atom stereocenters. The number of nitrogens with one attached hydrogen (secondary N) is 1. The van der Waals surface area contributed by atoms with Crippen LogP contribution in [-0.2, 0) is 10.0 Å². The Morgan fingerprint density at radius 3 is 2.30 bits per heavy atom. The highest BCUT2D eigenvalue weighted by Crippen LogP contribution is 2.16. The van der Waals surface area contributed by atoms with Crippen molar-refractivity contribution in [2.24, 2.45) is 5.10 Å². The smallest absolute Gasteiger partial charge is 0.276 e. The Bertz CT molecular complexity index is 785. The summed E-state index contributed by atoms with van der Waals surface area (Å²) in [6.07, 6.45) is 0. The summed E-state index contributed by atoms with van der Waals surface area (Å²) in [5, 5.41) is 4.54. The normalized spacial score (nSPS) is 12.0. The third-order valence-corrected chi connectivity index (χ3v) is 4.52. The molecule has 7 heteroatoms. The van der Waals surface area contributed by atoms with E-state index in [4.69, 9.17) is 16.3 Å². The summed E-state index contributed by atoms with van der Waals surface area (Å²) in [5.74, 6) is 0.618. The maximum Gasteiger partial charge on any atom is 0.276 e. The quantitative estimate of drug-likeness (QED) is 0.639. The van der Waals surface area contributed by atoms with Gasteiger partial charge in [-0.2, -0.15) is 18.4 Å². The largest absolute Gasteiger partial charge is 0.494 e. The molecule has 0 radical (unpaired) electrons. The molecule has 1 N–H and O–H groups in total. The number of hydrogen-bond acceptors (Lipinski definition) is 4. The number of hydrazone groups is 1. The van der Waals surface area contributed by atoms with Crippen molar-refractivity contribution in [3.8, 4) is 5.75 Å². The van der Waals surface area contributed by atoms with E-state index in [0.717, 1.165) is 5.56 Å². The van der Waals surface area contributed by atoms with Crippen LogP contribution in [0.25, 0.3) is 0 Å². The molecule has 122 valence electrons. The minimum Gasteiger partial charge on any atom is -0.494 e. The Morgan fingerprint density at radius 1 is 1.13 bits per heavy atom. The lowest BCUT2D eigenvalue weighted by Crippen LogP contribution is -2.19. The molecule has 2 aromatic carbocycles. The zero-order valence-electron chi connectivity index (χ0n) is 12.8. The Hall–Kier alpha value is -2.05. The van der Waals surface area contributed by atoms with E-state index >= 15 is 0 Å². The van der Waals surface area contributed by atoms with Crippen LogP contribution >= 0.6 is 11.6 Å². The van der Waals surface area contributed by atoms with E-state index in [1.54, 1.807) is 43.3 Å². The summed E-state index contributed by atoms with van der Waals surface area (Å²) >= 11 is 5.82. The van der Waals surface area contributed by atoms with Crippen LogP contribution in [0.1, 0.15) is 19.4 Å². The number of rotatable bonds is 6. The fourth-order valence-corrected chi connectivity index (χ4v) is 2.80. The fraction of sp³-hybridized carbons (Fsp3) is 0.188. The van der Waals surface area contributed by atoms with Gasteiger partial charge in [0.1, 0.15) is 5.75 Å². The van der Waals surface area contributed by atoms with Gasteiger partial charge < -0.3 is 4.74 Å². The molecule has 0 aliphatic carbocycles. The number of nitrogens with zero attached hydrogens (tertiary/aromatic N) is 1. The fourth-order valence-electron chi connectivity index (χ4n) is 1.82. The average Bonchev–Trinajstić information content (AvgIpc) is 2.54. The van der Waals surface area contributed by atoms with E-state index in [9.17, 15) is 8.42 Å². The molecule has 0 aromatic heterocycles. The van der Waals surface area contributed by atoms with Gasteiger partial charge >= 0.3 is 0 Å². The molecular weight excluding hydrogens is 336 g/mol. The highest BCUT2D eigenvalue weighted by molar-refractivity contribution is 7.89. The molecule has 5 nitrogen and oxygen atoms in total. The van der Waals surface area contributed by atoms with Gasteiger partial charge in [-0.3, -0.25) is 0 Å². The van der Waals surface area contributed by atoms with Crippen molar-refractivity contribution in [3.05, 3.63) is 59.1 Å². The summed E-state index contributed by atoms with van der Waals surface area (Å²) in [4.78, 5) is 2.35. The standard InChI is InChI=1S/C16H17ClN2O3S/c1-3-22-15-8-10-16(11-9-15)23(20,21)19-18-12(2)13-4-6-14(17)7-5-13/h4-11,19H,3H2,1-2H3. The maximum absolute atomic E-state index is 12.2. The second kappa shape index (κ2) is 7.48. The molecule has 0 aliphatic heterocycles. The molecule has 2 rings (SSSR count). The second-order valence-electron chi connectivity index (χ2n) is 4.70. The lowest BCUT2D eigenvalue weighted by atomic mass is 10.1. The van der Waals surface area contributed by atoms with Crippen LogP contribution in [-0.4, -0.2) is 20.7 Å². The summed E-state index contributed by atoms with van der Waals surface area (Å²) in [7, 11) is -3.72. The summed E-state index contributed by atoms with van der Waals surface area (Å²) in [5.41, 5.74) is 1.32. The van der Waals surface area contributed by atoms with E-state index in [2.05, 4.69) is 9.93 Å². The number of benzene rings is 2. The predicted octanol–water partition coefficient (Wildman–Crippen LogP) is 3.44. The third-order valence-electron chi connectivity index (χ3n) is 3.04. The van der Waals surface area contributed by atoms with Gasteiger partial charge in [-0.05, 0) is 55.8 Å². The Balaban J connectivity index is 2.14. The van der Waals surface area contributed by atoms with Crippen LogP contribution in [0.4, 0.5) is 0 Å². The zero-order valence-corrected chi connectivity index (χ0v) is 14.4. The van der Waals surface area contributed by atoms with E-state index in [0.29, 0.717) is 23.1 Å². The van der Waals surface area contributed by atoms with Crippen molar-refractivity contribution in [3.63, 3.8) is 0 Å². The van der Waals surface area contributed by atoms with Crippen LogP contribution in [0.2, 0.25) is 5.02 Å². The number of hydrogen-bond donors (Lipinski definition) is 1. The zero-order chi connectivity index (χ0) is 16.9. The summed E-state index contributed by atoms with van der Waals surface area (Å²) < 4.78 is 29.7. The monoisotopic (exact) mass is 352 g/mol. The number of halogens is 1. The molecule has 0 unspecified atom stereocenters. The Morgan fingerprint density at radius 2 is 1.74 bits per heavy atom. The van der Waals surface area contributed by atoms with Crippen molar-refractivity contribution in [2.75, 3.05) is 6.61 Å². The second-order valence-corrected chi connectivity index (χ2v) is 6.80. The topological polar surface area (TPSA) is 67.8 Å². The SMILES string of the molecule is CCOc1ccc(S(=O)(=O)NN=C(C)c2ccc(Cl)cc2)cc1. The average molecular weight is 353 g/mol. The van der Waals surface area contributed by atoms with Crippen molar-refractivity contribution >= 4 is 27.3 Å². The molecule has 0 saturated carbocycles. The molecule has 0 spiro atoms. The minimum absolute atomic E-state index is 0.119. The number of sulfonamides is 1. The van der Waals surface area contributed by atoms with Gasteiger partial charge in [0, 0.05) is 5.02 Å². The van der Waals surface area contributed by atoms with Gasteiger partial charge in [-0.1, -0.05) is 23.7 Å². The molecule has 0 saturated heterocycles. The van der Waals surface area contributed by atoms with Gasteiger partial charge in [0.2, 0.25) is 0 Å². The lowest BCUT2D eigenvalue weighted by Gasteiger charge is -2.07. The van der Waals surface area contributed by atoms with Crippen molar-refractivity contribution in [1.29, 1.82) is 0 Å². The van der Waals surface area contributed by atoms with Crippen molar-refractivity contribution < 1.29 is 13.2 Å². The van der Waals surface area contributed by atoms with Crippen LogP contribution in [0, 0.1) is 0 Å². The Labute approximate surface area is 141 Å². The van der Waals surface area contributed by atoms with Gasteiger partial charge in [0.25, 0.3) is 10.0 Å². The molecule has 0 heterocycles. The van der Waals surface area contributed by atoms with Crippen LogP contribution in [0.15, 0.2) is 58.5 Å². The predicted molar refractivity (Wildman–Crippen MR) is 91.6 cm³/mol. The molecule has 2 aromatic rings. The number of ether oxygens (including phenoxy) is 1. The van der Waals surface area contributed by atoms with Crippen molar-refractivity contribution in [2.45, 2.75) is 18.7 Å². The molecule has 23 heavy (non-hydrogen) atoms. The maximum atomic E-state index is 12.2. The highest BCUT2D eigenvalue weighted by Gasteiger charge is 2.13. The minimum atomic E-state index is -3.72. The third kappa shape index (κ3) is 4.71. The van der Waals surface area contributed by atoms with E-state index in [1.165, 1.54) is 12.1 Å². The van der Waals surface area contributed by atoms with Crippen molar-refractivity contribution in [1.82, 2.24) is 4.83 Å². The first-order valence-electron chi connectivity index (χ1n) is 6.97. The lowest BCUT2D eigenvalue weighted by molar-refractivity contribution is 0.340. The van der Waals surface area contributed by atoms with Gasteiger partial charge in [0.15, 0.2) is 0 Å². The molecular formula is C16H17ClN2O3S. The van der Waals surface area contributed by atoms with Gasteiger partial charge in [-0.25, -0.2) is 0 Å². The first-order valence-corrected chi connectivity index (χ1v) is 8.83.